The number of halogens is 2. The van der Waals surface area contributed by atoms with E-state index in [4.69, 9.17) is 28.4 Å². The number of hydrogen-bond acceptors (Lipinski definition) is 20. The van der Waals surface area contributed by atoms with Crippen LogP contribution in [0.25, 0.3) is 0 Å². The van der Waals surface area contributed by atoms with Crippen LogP contribution in [0.3, 0.4) is 0 Å². The number of aliphatic hydroxyl groups excluding tert-OH is 6. The van der Waals surface area contributed by atoms with Gasteiger partial charge in [0.2, 0.25) is 17.7 Å². The molecule has 14 atom stereocenters. The second-order valence-corrected chi connectivity index (χ2v) is 26.6. The quantitative estimate of drug-likeness (QED) is 0.0212. The third kappa shape index (κ3) is 23.0. The van der Waals surface area contributed by atoms with Crippen LogP contribution in [0, 0.1) is 11.3 Å². The van der Waals surface area contributed by atoms with Crippen molar-refractivity contribution in [3.05, 3.63) is 12.7 Å². The topological polar surface area (TPSA) is 308 Å². The molecule has 0 aromatic heterocycles. The summed E-state index contributed by atoms with van der Waals surface area (Å²) in [5.74, 6) is -2.23. The molecule has 474 valence electrons. The molecule has 0 aromatic rings. The van der Waals surface area contributed by atoms with Crippen molar-refractivity contribution in [2.45, 2.75) is 200 Å². The highest BCUT2D eigenvalue weighted by atomic mass is 79.9. The lowest BCUT2D eigenvalue weighted by Gasteiger charge is -2.50. The molecule has 6 bridgehead atoms. The number of methoxy groups -OCH3 is 2. The zero-order valence-corrected chi connectivity index (χ0v) is 52.6. The van der Waals surface area contributed by atoms with Gasteiger partial charge in [-0.1, -0.05) is 38.4 Å². The number of carbonyl (C=O) groups excluding carboxylic acids is 5. The number of aliphatic hydroxyl groups is 6. The molecule has 25 heteroatoms. The second-order valence-electron chi connectivity index (χ2n) is 23.5. The van der Waals surface area contributed by atoms with E-state index in [1.807, 2.05) is 0 Å². The first-order valence-corrected chi connectivity index (χ1v) is 31.3. The van der Waals surface area contributed by atoms with Crippen LogP contribution in [0.4, 0.5) is 0 Å². The monoisotopic (exact) mass is 1300 g/mol. The Balaban J connectivity index is 0.000000365. The number of alkyl halides is 2. The van der Waals surface area contributed by atoms with Gasteiger partial charge in [0.05, 0.1) is 86.5 Å². The minimum absolute atomic E-state index is 0.0307. The summed E-state index contributed by atoms with van der Waals surface area (Å²) in [5.41, 5.74) is -1.04. The van der Waals surface area contributed by atoms with Gasteiger partial charge >= 0.3 is 11.9 Å². The molecule has 82 heavy (non-hydrogen) atoms. The molecule has 0 spiro atoms. The number of hydrogen-bond donors (Lipinski definition) is 9. The summed E-state index contributed by atoms with van der Waals surface area (Å²) < 4.78 is 30.0. The summed E-state index contributed by atoms with van der Waals surface area (Å²) in [6, 6.07) is 0.0987. The number of piperidine rings is 4. The van der Waals surface area contributed by atoms with Gasteiger partial charge in [0.1, 0.15) is 17.5 Å². The van der Waals surface area contributed by atoms with Crippen LogP contribution in [0.2, 0.25) is 0 Å². The summed E-state index contributed by atoms with van der Waals surface area (Å²) in [5, 5.41) is 71.0. The first-order chi connectivity index (χ1) is 38.9. The smallest absolute Gasteiger partial charge is 0.322 e. The van der Waals surface area contributed by atoms with E-state index in [0.29, 0.717) is 111 Å². The van der Waals surface area contributed by atoms with Gasteiger partial charge in [0.15, 0.2) is 0 Å². The van der Waals surface area contributed by atoms with Gasteiger partial charge in [-0.25, -0.2) is 0 Å². The summed E-state index contributed by atoms with van der Waals surface area (Å²) in [4.78, 5) is 68.1. The fraction of sp³-hybridized carbons (Fsp3) is 0.877. The fourth-order valence-electron chi connectivity index (χ4n) is 12.2. The molecular formula is C57H100Br2N6O17. The maximum Gasteiger partial charge on any atom is 0.322 e. The lowest BCUT2D eigenvalue weighted by molar-refractivity contribution is -0.157. The molecule has 6 rings (SSSR count). The van der Waals surface area contributed by atoms with E-state index in [-0.39, 0.29) is 105 Å². The molecular weight excluding hydrogens is 1200 g/mol. The van der Waals surface area contributed by atoms with E-state index < -0.39 is 50.9 Å². The second kappa shape index (κ2) is 36.6. The molecule has 6 heterocycles. The molecule has 0 saturated carbocycles. The normalized spacial score (nSPS) is 29.0. The summed E-state index contributed by atoms with van der Waals surface area (Å²) in [6.07, 6.45) is 7.63. The molecule has 14 unspecified atom stereocenters. The zero-order valence-electron chi connectivity index (χ0n) is 49.4. The molecule has 6 saturated heterocycles. The highest BCUT2D eigenvalue weighted by Gasteiger charge is 2.46. The van der Waals surface area contributed by atoms with E-state index >= 15 is 0 Å². The highest BCUT2D eigenvalue weighted by Crippen LogP contribution is 2.37. The molecule has 0 radical (unpaired) electrons. The average Bonchev–Trinajstić information content (AvgIpc) is 3.81. The molecule has 0 aromatic carbocycles. The van der Waals surface area contributed by atoms with Crippen LogP contribution in [-0.2, 0) is 52.4 Å². The number of rotatable bonds is 30. The van der Waals surface area contributed by atoms with Crippen LogP contribution < -0.4 is 16.0 Å². The number of nitrogens with zero attached hydrogens (tertiary/aromatic N) is 3. The van der Waals surface area contributed by atoms with Gasteiger partial charge in [-0.3, -0.25) is 38.7 Å². The molecule has 6 fully saturated rings. The Labute approximate surface area is 502 Å². The summed E-state index contributed by atoms with van der Waals surface area (Å²) in [7, 11) is 3.18. The van der Waals surface area contributed by atoms with Crippen molar-refractivity contribution in [3.8, 4) is 0 Å². The van der Waals surface area contributed by atoms with Gasteiger partial charge < -0.3 is 75.0 Å². The van der Waals surface area contributed by atoms with Crippen molar-refractivity contribution in [1.29, 1.82) is 0 Å². The van der Waals surface area contributed by atoms with E-state index in [1.165, 1.54) is 6.08 Å². The predicted molar refractivity (Wildman–Crippen MR) is 313 cm³/mol. The van der Waals surface area contributed by atoms with Gasteiger partial charge in [-0.15, -0.1) is 0 Å². The van der Waals surface area contributed by atoms with Gasteiger partial charge in [0.25, 0.3) is 0 Å². The van der Waals surface area contributed by atoms with E-state index in [0.717, 1.165) is 38.5 Å². The minimum Gasteiger partial charge on any atom is -0.463 e. The van der Waals surface area contributed by atoms with Crippen molar-refractivity contribution < 1.29 is 83.0 Å². The molecule has 6 aliphatic heterocycles. The molecule has 0 aliphatic carbocycles. The van der Waals surface area contributed by atoms with Crippen LogP contribution in [0.5, 0.6) is 0 Å². The van der Waals surface area contributed by atoms with Gasteiger partial charge in [-0.2, -0.15) is 0 Å². The number of nitrogens with one attached hydrogen (secondary N) is 3. The predicted octanol–water partition coefficient (Wildman–Crippen LogP) is 1.31. The Morgan fingerprint density at radius 2 is 0.854 bits per heavy atom. The number of ether oxygens (including phenoxy) is 6. The Bertz CT molecular complexity index is 1890. The molecule has 23 nitrogen and oxygen atoms in total. The van der Waals surface area contributed by atoms with Crippen molar-refractivity contribution in [2.75, 3.05) is 106 Å². The average molecular weight is 1300 g/mol. The largest absolute Gasteiger partial charge is 0.463 e. The molecule has 3 amide bonds. The Morgan fingerprint density at radius 1 is 0.524 bits per heavy atom. The van der Waals surface area contributed by atoms with Crippen molar-refractivity contribution in [2.24, 2.45) is 11.3 Å². The third-order valence-corrected chi connectivity index (χ3v) is 17.8. The van der Waals surface area contributed by atoms with Crippen molar-refractivity contribution in [1.82, 2.24) is 30.7 Å². The van der Waals surface area contributed by atoms with Crippen LogP contribution in [0.1, 0.15) is 118 Å². The first-order valence-electron chi connectivity index (χ1n) is 29.6. The standard InChI is InChI=1S/C35H61BrN4O10.C13H22N2O3.C9H17BrO4/c1-35(2,34(47)50-19-18-49-17-16-48-3)21-22(32(45)37-12-14-40-26-6-8-28(41)27(40)7-9-29(26)42)20-23(36)33(46)38-13-15-39-24-4-5-25(39)31(44)11-10-30(24)43;1-2-13(18)14-7-8-15-9-3-5-11(16)10(15)4-6-12(9)17;1-9(2,10)8(11)14-7-6-13-5-4-12-3/h22-31,41-44H,4-21H2,1-3H3,(H,37,45)(H,38,46);2,9-12,16-17H,1,3-8H2,(H,14,18);4-7H2,1-3H3. The van der Waals surface area contributed by atoms with E-state index in [1.54, 1.807) is 41.9 Å². The minimum atomic E-state index is -1.04. The Morgan fingerprint density at radius 3 is 1.22 bits per heavy atom. The lowest BCUT2D eigenvalue weighted by atomic mass is 9.80. The Kier molecular flexibility index (Phi) is 32.2. The van der Waals surface area contributed by atoms with Gasteiger partial charge in [-0.05, 0) is 124 Å². The molecule has 6 aliphatic rings. The maximum atomic E-state index is 13.8. The van der Waals surface area contributed by atoms with Crippen LogP contribution in [0.15, 0.2) is 12.7 Å². The summed E-state index contributed by atoms with van der Waals surface area (Å²) in [6.45, 7) is 15.9. The van der Waals surface area contributed by atoms with Crippen LogP contribution in [-0.4, -0.2) is 263 Å². The number of fused-ring (bicyclic) bond motifs is 6. The first kappa shape index (κ1) is 72.0. The number of carbonyl (C=O) groups is 5. The number of amides is 3. The van der Waals surface area contributed by atoms with Gasteiger partial charge in [0, 0.05) is 95.7 Å². The third-order valence-electron chi connectivity index (χ3n) is 16.7. The van der Waals surface area contributed by atoms with Crippen molar-refractivity contribution in [3.63, 3.8) is 0 Å². The van der Waals surface area contributed by atoms with E-state index in [9.17, 15) is 54.6 Å². The number of esters is 2. The highest BCUT2D eigenvalue weighted by molar-refractivity contribution is 9.10. The molecule has 9 N–H and O–H groups in total. The SMILES string of the molecule is C=CC(=O)NCCN1C2CCC(O)C1CCC2O.COCCOCCOC(=O)C(C)(C)Br.COCCOCCOC(=O)C(C)(C)CC(CC(Br)C(=O)NCCN1C2CCC1C(O)CCC2O)C(=O)NCCN1C2CCC(O)C1CCC2O. The van der Waals surface area contributed by atoms with E-state index in [2.05, 4.69) is 69.1 Å². The lowest BCUT2D eigenvalue weighted by Crippen LogP contribution is -2.62. The van der Waals surface area contributed by atoms with Crippen molar-refractivity contribution >= 4 is 61.5 Å². The maximum absolute atomic E-state index is 13.8. The summed E-state index contributed by atoms with van der Waals surface area (Å²) >= 11 is 6.71. The van der Waals surface area contributed by atoms with Crippen LogP contribution >= 0.6 is 31.9 Å². The Hall–Kier alpha value is -2.47. The zero-order chi connectivity index (χ0) is 60.6. The fourth-order valence-corrected chi connectivity index (χ4v) is 13.0.